The SMILES string of the molecule is CC(=O)c1ccccc1CC(C)OC(=O)CNC(=O)OC(C)(C)C. The molecular weight excluding hydrogens is 310 g/mol. The zero-order valence-electron chi connectivity index (χ0n) is 14.8. The molecule has 1 aromatic rings. The van der Waals surface area contributed by atoms with Crippen molar-refractivity contribution in [2.75, 3.05) is 6.54 Å². The van der Waals surface area contributed by atoms with E-state index in [4.69, 9.17) is 9.47 Å². The fraction of sp³-hybridized carbons (Fsp3) is 0.500. The van der Waals surface area contributed by atoms with Crippen LogP contribution in [0, 0.1) is 0 Å². The lowest BCUT2D eigenvalue weighted by Crippen LogP contribution is -2.36. The Balaban J connectivity index is 2.48. The number of rotatable bonds is 6. The fourth-order valence-corrected chi connectivity index (χ4v) is 2.12. The summed E-state index contributed by atoms with van der Waals surface area (Å²) in [6.07, 6.45) is -0.666. The van der Waals surface area contributed by atoms with E-state index in [-0.39, 0.29) is 12.3 Å². The summed E-state index contributed by atoms with van der Waals surface area (Å²) in [5, 5.41) is 2.35. The third-order valence-electron chi connectivity index (χ3n) is 3.01. The molecule has 0 heterocycles. The van der Waals surface area contributed by atoms with Gasteiger partial charge in [0.25, 0.3) is 0 Å². The maximum Gasteiger partial charge on any atom is 0.408 e. The number of hydrogen-bond donors (Lipinski definition) is 1. The van der Waals surface area contributed by atoms with Crippen LogP contribution < -0.4 is 5.32 Å². The van der Waals surface area contributed by atoms with Crippen molar-refractivity contribution in [1.29, 1.82) is 0 Å². The molecule has 0 spiro atoms. The first kappa shape index (κ1) is 19.7. The smallest absolute Gasteiger partial charge is 0.408 e. The van der Waals surface area contributed by atoms with Crippen molar-refractivity contribution in [2.45, 2.75) is 52.7 Å². The van der Waals surface area contributed by atoms with Crippen molar-refractivity contribution in [3.05, 3.63) is 35.4 Å². The summed E-state index contributed by atoms with van der Waals surface area (Å²) in [6, 6.07) is 7.21. The van der Waals surface area contributed by atoms with E-state index < -0.39 is 23.8 Å². The summed E-state index contributed by atoms with van der Waals surface area (Å²) in [5.74, 6) is -0.593. The Morgan fingerprint density at radius 3 is 2.38 bits per heavy atom. The summed E-state index contributed by atoms with van der Waals surface area (Å²) >= 11 is 0. The lowest BCUT2D eigenvalue weighted by atomic mass is 10.00. The fourth-order valence-electron chi connectivity index (χ4n) is 2.12. The first-order valence-electron chi connectivity index (χ1n) is 7.83. The number of carbonyl (C=O) groups excluding carboxylic acids is 3. The molecule has 1 aromatic carbocycles. The van der Waals surface area contributed by atoms with Gasteiger partial charge in [-0.1, -0.05) is 24.3 Å². The van der Waals surface area contributed by atoms with Gasteiger partial charge in [0, 0.05) is 12.0 Å². The van der Waals surface area contributed by atoms with Crippen LogP contribution in [0.5, 0.6) is 0 Å². The highest BCUT2D eigenvalue weighted by Crippen LogP contribution is 2.13. The third-order valence-corrected chi connectivity index (χ3v) is 3.01. The molecule has 6 heteroatoms. The molecule has 1 atom stereocenters. The number of ketones is 1. The lowest BCUT2D eigenvalue weighted by molar-refractivity contribution is -0.147. The zero-order chi connectivity index (χ0) is 18.3. The van der Waals surface area contributed by atoms with Crippen LogP contribution in [0.4, 0.5) is 4.79 Å². The van der Waals surface area contributed by atoms with E-state index in [1.807, 2.05) is 12.1 Å². The second kappa shape index (κ2) is 8.47. The van der Waals surface area contributed by atoms with Crippen molar-refractivity contribution in [2.24, 2.45) is 0 Å². The summed E-state index contributed by atoms with van der Waals surface area (Å²) < 4.78 is 10.3. The third kappa shape index (κ3) is 7.26. The Kier molecular flexibility index (Phi) is 6.95. The molecule has 0 aliphatic heterocycles. The molecule has 0 saturated carbocycles. The van der Waals surface area contributed by atoms with E-state index in [0.717, 1.165) is 5.56 Å². The van der Waals surface area contributed by atoms with Gasteiger partial charge < -0.3 is 14.8 Å². The van der Waals surface area contributed by atoms with Gasteiger partial charge in [-0.2, -0.15) is 0 Å². The highest BCUT2D eigenvalue weighted by molar-refractivity contribution is 5.95. The highest BCUT2D eigenvalue weighted by atomic mass is 16.6. The van der Waals surface area contributed by atoms with Crippen molar-refractivity contribution in [1.82, 2.24) is 5.32 Å². The van der Waals surface area contributed by atoms with Gasteiger partial charge in [-0.15, -0.1) is 0 Å². The zero-order valence-corrected chi connectivity index (χ0v) is 14.8. The van der Waals surface area contributed by atoms with Gasteiger partial charge in [0.05, 0.1) is 0 Å². The minimum Gasteiger partial charge on any atom is -0.461 e. The average molecular weight is 335 g/mol. The molecule has 1 amide bonds. The molecule has 0 aliphatic rings. The number of hydrogen-bond acceptors (Lipinski definition) is 5. The molecule has 6 nitrogen and oxygen atoms in total. The number of ether oxygens (including phenoxy) is 2. The number of esters is 1. The maximum atomic E-state index is 11.8. The number of nitrogens with one attached hydrogen (secondary N) is 1. The van der Waals surface area contributed by atoms with Crippen molar-refractivity contribution >= 4 is 17.8 Å². The van der Waals surface area contributed by atoms with Crippen molar-refractivity contribution in [3.8, 4) is 0 Å². The highest BCUT2D eigenvalue weighted by Gasteiger charge is 2.18. The van der Waals surface area contributed by atoms with Gasteiger partial charge in [-0.05, 0) is 40.2 Å². The molecule has 0 aromatic heterocycles. The predicted molar refractivity (Wildman–Crippen MR) is 89.9 cm³/mol. The average Bonchev–Trinajstić information content (AvgIpc) is 2.43. The molecule has 0 aliphatic carbocycles. The van der Waals surface area contributed by atoms with Crippen LogP contribution in [0.2, 0.25) is 0 Å². The van der Waals surface area contributed by atoms with E-state index in [0.29, 0.717) is 12.0 Å². The first-order valence-corrected chi connectivity index (χ1v) is 7.83. The van der Waals surface area contributed by atoms with E-state index in [9.17, 15) is 14.4 Å². The van der Waals surface area contributed by atoms with Crippen LogP contribution in [0.1, 0.15) is 50.5 Å². The molecule has 1 N–H and O–H groups in total. The van der Waals surface area contributed by atoms with E-state index in [2.05, 4.69) is 5.32 Å². The Labute approximate surface area is 142 Å². The molecule has 132 valence electrons. The van der Waals surface area contributed by atoms with Crippen LogP contribution in [0.25, 0.3) is 0 Å². The van der Waals surface area contributed by atoms with Crippen LogP contribution in [0.3, 0.4) is 0 Å². The first-order chi connectivity index (χ1) is 11.1. The summed E-state index contributed by atoms with van der Waals surface area (Å²) in [5.41, 5.74) is 0.815. The van der Waals surface area contributed by atoms with Gasteiger partial charge in [0.15, 0.2) is 5.78 Å². The molecular formula is C18H25NO5. The second-order valence-corrected chi connectivity index (χ2v) is 6.57. The quantitative estimate of drug-likeness (QED) is 0.638. The number of Topliss-reactive ketones (excluding diaryl/α,β-unsaturated/α-hetero) is 1. The van der Waals surface area contributed by atoms with Crippen LogP contribution >= 0.6 is 0 Å². The molecule has 0 bridgehead atoms. The largest absolute Gasteiger partial charge is 0.461 e. The topological polar surface area (TPSA) is 81.7 Å². The molecule has 24 heavy (non-hydrogen) atoms. The second-order valence-electron chi connectivity index (χ2n) is 6.57. The number of alkyl carbamates (subject to hydrolysis) is 1. The van der Waals surface area contributed by atoms with Gasteiger partial charge in [0.1, 0.15) is 18.2 Å². The minimum absolute atomic E-state index is 0.0317. The molecule has 0 radical (unpaired) electrons. The van der Waals surface area contributed by atoms with E-state index >= 15 is 0 Å². The van der Waals surface area contributed by atoms with Gasteiger partial charge in [-0.25, -0.2) is 4.79 Å². The summed E-state index contributed by atoms with van der Waals surface area (Å²) in [6.45, 7) is 8.18. The summed E-state index contributed by atoms with van der Waals surface area (Å²) in [7, 11) is 0. The Bertz CT molecular complexity index is 604. The molecule has 1 unspecified atom stereocenters. The molecule has 0 saturated heterocycles. The van der Waals surface area contributed by atoms with Crippen LogP contribution in [-0.2, 0) is 20.7 Å². The van der Waals surface area contributed by atoms with Crippen LogP contribution in [-0.4, -0.2) is 36.1 Å². The Morgan fingerprint density at radius 1 is 1.17 bits per heavy atom. The monoisotopic (exact) mass is 335 g/mol. The van der Waals surface area contributed by atoms with Crippen LogP contribution in [0.15, 0.2) is 24.3 Å². The summed E-state index contributed by atoms with van der Waals surface area (Å²) in [4.78, 5) is 34.8. The minimum atomic E-state index is -0.672. The predicted octanol–water partition coefficient (Wildman–Crippen LogP) is 2.89. The van der Waals surface area contributed by atoms with E-state index in [1.54, 1.807) is 39.8 Å². The standard InChI is InChI=1S/C18H25NO5/c1-12(10-14-8-6-7-9-15(14)13(2)20)23-16(21)11-19-17(22)24-18(3,4)5/h6-9,12H,10-11H2,1-5H3,(H,19,22). The van der Waals surface area contributed by atoms with Crippen molar-refractivity contribution in [3.63, 3.8) is 0 Å². The molecule has 0 fully saturated rings. The van der Waals surface area contributed by atoms with Gasteiger partial charge in [-0.3, -0.25) is 9.59 Å². The number of benzene rings is 1. The normalized spacial score (nSPS) is 12.2. The Morgan fingerprint density at radius 2 is 1.79 bits per heavy atom. The number of carbonyl (C=O) groups is 3. The Hall–Kier alpha value is -2.37. The molecule has 1 rings (SSSR count). The van der Waals surface area contributed by atoms with Gasteiger partial charge in [0.2, 0.25) is 0 Å². The number of amides is 1. The van der Waals surface area contributed by atoms with Gasteiger partial charge >= 0.3 is 12.1 Å². The maximum absolute atomic E-state index is 11.8. The van der Waals surface area contributed by atoms with E-state index in [1.165, 1.54) is 6.92 Å². The van der Waals surface area contributed by atoms with Crippen molar-refractivity contribution < 1.29 is 23.9 Å². The lowest BCUT2D eigenvalue weighted by Gasteiger charge is -2.20.